The van der Waals surface area contributed by atoms with Crippen LogP contribution in [0.3, 0.4) is 0 Å². The molecule has 0 unspecified atom stereocenters. The average Bonchev–Trinajstić information content (AvgIpc) is 3.17. The summed E-state index contributed by atoms with van der Waals surface area (Å²) in [5, 5.41) is 10.1. The van der Waals surface area contributed by atoms with Crippen LogP contribution in [0.25, 0.3) is 0 Å². The highest BCUT2D eigenvalue weighted by Crippen LogP contribution is 2.22. The van der Waals surface area contributed by atoms with Crippen molar-refractivity contribution < 1.29 is 19.1 Å². The van der Waals surface area contributed by atoms with Crippen LogP contribution in [0.15, 0.2) is 65.3 Å². The topological polar surface area (TPSA) is 62.9 Å². The zero-order chi connectivity index (χ0) is 19.2. The smallest absolute Gasteiger partial charge is 0.227 e. The number of carbonyl (C=O) groups is 1. The second kappa shape index (κ2) is 8.45. The van der Waals surface area contributed by atoms with Gasteiger partial charge in [0, 0.05) is 12.1 Å². The van der Waals surface area contributed by atoms with E-state index in [1.807, 2.05) is 43.3 Å². The molecule has 27 heavy (non-hydrogen) atoms. The van der Waals surface area contributed by atoms with E-state index in [0.717, 1.165) is 16.9 Å². The Morgan fingerprint density at radius 3 is 2.63 bits per heavy atom. The highest BCUT2D eigenvalue weighted by molar-refractivity contribution is 5.79. The van der Waals surface area contributed by atoms with Crippen molar-refractivity contribution in [3.63, 3.8) is 0 Å². The maximum atomic E-state index is 13.0. The van der Waals surface area contributed by atoms with Gasteiger partial charge in [-0.25, -0.2) is 0 Å². The maximum absolute atomic E-state index is 13.0. The maximum Gasteiger partial charge on any atom is 0.227 e. The Morgan fingerprint density at radius 1 is 1.11 bits per heavy atom. The average molecular weight is 365 g/mol. The summed E-state index contributed by atoms with van der Waals surface area (Å²) >= 11 is 0. The van der Waals surface area contributed by atoms with E-state index in [-0.39, 0.29) is 18.1 Å². The van der Waals surface area contributed by atoms with E-state index in [0.29, 0.717) is 24.4 Å². The van der Waals surface area contributed by atoms with E-state index in [1.54, 1.807) is 36.5 Å². The minimum absolute atomic E-state index is 0.0550. The van der Waals surface area contributed by atoms with Gasteiger partial charge in [-0.15, -0.1) is 0 Å². The van der Waals surface area contributed by atoms with Crippen LogP contribution in [0.5, 0.6) is 11.5 Å². The van der Waals surface area contributed by atoms with Crippen LogP contribution in [0, 0.1) is 6.92 Å². The molecular weight excluding hydrogens is 342 g/mol. The number of amides is 1. The fraction of sp³-hybridized carbons (Fsp3) is 0.227. The molecule has 0 aliphatic rings. The van der Waals surface area contributed by atoms with Gasteiger partial charge in [0.1, 0.15) is 17.3 Å². The lowest BCUT2D eigenvalue weighted by molar-refractivity contribution is -0.132. The van der Waals surface area contributed by atoms with Crippen molar-refractivity contribution in [1.29, 1.82) is 0 Å². The zero-order valence-corrected chi connectivity index (χ0v) is 15.5. The summed E-state index contributed by atoms with van der Waals surface area (Å²) in [6.07, 6.45) is 1.83. The number of aromatic hydroxyl groups is 1. The summed E-state index contributed by atoms with van der Waals surface area (Å²) in [5.74, 6) is 1.58. The number of phenolic OH excluding ortho intramolecular Hbond substituents is 1. The van der Waals surface area contributed by atoms with Crippen LogP contribution in [0.4, 0.5) is 0 Å². The predicted molar refractivity (Wildman–Crippen MR) is 103 cm³/mol. The van der Waals surface area contributed by atoms with E-state index in [9.17, 15) is 9.90 Å². The third-order valence-corrected chi connectivity index (χ3v) is 4.46. The Morgan fingerprint density at radius 2 is 1.93 bits per heavy atom. The molecular formula is C22H23NO4. The van der Waals surface area contributed by atoms with Crippen molar-refractivity contribution in [2.24, 2.45) is 0 Å². The van der Waals surface area contributed by atoms with E-state index >= 15 is 0 Å². The largest absolute Gasteiger partial charge is 0.508 e. The van der Waals surface area contributed by atoms with Gasteiger partial charge in [-0.1, -0.05) is 30.3 Å². The normalized spacial score (nSPS) is 10.6. The second-order valence-corrected chi connectivity index (χ2v) is 6.44. The summed E-state index contributed by atoms with van der Waals surface area (Å²) in [6.45, 7) is 2.60. The predicted octanol–water partition coefficient (Wildman–Crippen LogP) is 4.07. The van der Waals surface area contributed by atoms with Crippen LogP contribution in [0.1, 0.15) is 22.5 Å². The van der Waals surface area contributed by atoms with Crippen molar-refractivity contribution in [2.75, 3.05) is 7.11 Å². The second-order valence-electron chi connectivity index (χ2n) is 6.44. The third-order valence-electron chi connectivity index (χ3n) is 4.46. The first-order chi connectivity index (χ1) is 13.1. The van der Waals surface area contributed by atoms with Crippen molar-refractivity contribution in [3.05, 3.63) is 83.3 Å². The van der Waals surface area contributed by atoms with Crippen LogP contribution in [0.2, 0.25) is 0 Å². The Balaban J connectivity index is 1.80. The third kappa shape index (κ3) is 4.70. The SMILES string of the molecule is COc1cc(CC(=O)N(Cc2ccco2)Cc2ccccc2O)ccc1C. The molecule has 0 saturated heterocycles. The van der Waals surface area contributed by atoms with Crippen molar-refractivity contribution in [1.82, 2.24) is 4.90 Å². The molecule has 1 aromatic heterocycles. The first kappa shape index (κ1) is 18.6. The van der Waals surface area contributed by atoms with Crippen LogP contribution >= 0.6 is 0 Å². The van der Waals surface area contributed by atoms with Gasteiger partial charge in [-0.3, -0.25) is 4.79 Å². The number of nitrogens with zero attached hydrogens (tertiary/aromatic N) is 1. The van der Waals surface area contributed by atoms with Gasteiger partial charge in [0.2, 0.25) is 5.91 Å². The molecule has 0 radical (unpaired) electrons. The van der Waals surface area contributed by atoms with E-state index in [1.165, 1.54) is 0 Å². The number of hydrogen-bond donors (Lipinski definition) is 1. The number of ether oxygens (including phenoxy) is 1. The number of phenols is 1. The fourth-order valence-corrected chi connectivity index (χ4v) is 2.93. The molecule has 1 heterocycles. The molecule has 0 atom stereocenters. The number of para-hydroxylation sites is 1. The molecule has 3 rings (SSSR count). The van der Waals surface area contributed by atoms with Crippen molar-refractivity contribution >= 4 is 5.91 Å². The Hall–Kier alpha value is -3.21. The summed E-state index contributed by atoms with van der Waals surface area (Å²) in [6, 6.07) is 16.4. The first-order valence-electron chi connectivity index (χ1n) is 8.77. The molecule has 0 spiro atoms. The standard InChI is InChI=1S/C22H23NO4/c1-16-9-10-17(12-21(16)26-2)13-22(25)23(15-19-7-5-11-27-19)14-18-6-3-4-8-20(18)24/h3-12,24H,13-15H2,1-2H3. The zero-order valence-electron chi connectivity index (χ0n) is 15.5. The minimum Gasteiger partial charge on any atom is -0.508 e. The van der Waals surface area contributed by atoms with Gasteiger partial charge < -0.3 is 19.2 Å². The molecule has 0 saturated carbocycles. The molecule has 0 aliphatic heterocycles. The van der Waals surface area contributed by atoms with Gasteiger partial charge in [-0.05, 0) is 42.3 Å². The number of carbonyl (C=O) groups excluding carboxylic acids is 1. The van der Waals surface area contributed by atoms with Crippen molar-refractivity contribution in [3.8, 4) is 11.5 Å². The molecule has 1 amide bonds. The van der Waals surface area contributed by atoms with Crippen LogP contribution in [-0.4, -0.2) is 23.0 Å². The molecule has 140 valence electrons. The number of hydrogen-bond acceptors (Lipinski definition) is 4. The van der Waals surface area contributed by atoms with E-state index in [4.69, 9.17) is 9.15 Å². The quantitative estimate of drug-likeness (QED) is 0.685. The summed E-state index contributed by atoms with van der Waals surface area (Å²) in [7, 11) is 1.62. The van der Waals surface area contributed by atoms with Crippen molar-refractivity contribution in [2.45, 2.75) is 26.4 Å². The Bertz CT molecular complexity index is 902. The van der Waals surface area contributed by atoms with Gasteiger partial charge in [0.15, 0.2) is 0 Å². The molecule has 5 nitrogen and oxygen atoms in total. The summed E-state index contributed by atoms with van der Waals surface area (Å²) < 4.78 is 10.8. The first-order valence-corrected chi connectivity index (χ1v) is 8.77. The number of methoxy groups -OCH3 is 1. The number of rotatable bonds is 7. The highest BCUT2D eigenvalue weighted by atomic mass is 16.5. The molecule has 0 aliphatic carbocycles. The Labute approximate surface area is 158 Å². The molecule has 0 fully saturated rings. The number of furan rings is 1. The molecule has 3 aromatic rings. The summed E-state index contributed by atoms with van der Waals surface area (Å²) in [5.41, 5.74) is 2.60. The van der Waals surface area contributed by atoms with Gasteiger partial charge in [0.05, 0.1) is 26.3 Å². The van der Waals surface area contributed by atoms with E-state index in [2.05, 4.69) is 0 Å². The summed E-state index contributed by atoms with van der Waals surface area (Å²) in [4.78, 5) is 14.7. The van der Waals surface area contributed by atoms with Gasteiger partial charge in [-0.2, -0.15) is 0 Å². The lowest BCUT2D eigenvalue weighted by Crippen LogP contribution is -2.31. The minimum atomic E-state index is -0.0550. The van der Waals surface area contributed by atoms with Gasteiger partial charge in [0.25, 0.3) is 0 Å². The fourth-order valence-electron chi connectivity index (χ4n) is 2.93. The lowest BCUT2D eigenvalue weighted by Gasteiger charge is -2.22. The van der Waals surface area contributed by atoms with Crippen LogP contribution < -0.4 is 4.74 Å². The monoisotopic (exact) mass is 365 g/mol. The van der Waals surface area contributed by atoms with Crippen LogP contribution in [-0.2, 0) is 24.3 Å². The van der Waals surface area contributed by atoms with Gasteiger partial charge >= 0.3 is 0 Å². The molecule has 0 bridgehead atoms. The Kier molecular flexibility index (Phi) is 5.81. The number of aryl methyl sites for hydroxylation is 1. The molecule has 1 N–H and O–H groups in total. The number of benzene rings is 2. The molecule has 2 aromatic carbocycles. The van der Waals surface area contributed by atoms with E-state index < -0.39 is 0 Å². The lowest BCUT2D eigenvalue weighted by atomic mass is 10.1. The highest BCUT2D eigenvalue weighted by Gasteiger charge is 2.18. The molecule has 5 heteroatoms.